The maximum atomic E-state index is 11.4. The highest BCUT2D eigenvalue weighted by molar-refractivity contribution is 5.93. The third kappa shape index (κ3) is 2.04. The Bertz CT molecular complexity index is 450. The van der Waals surface area contributed by atoms with E-state index in [-0.39, 0.29) is 5.56 Å². The van der Waals surface area contributed by atoms with Crippen LogP contribution in [0, 0.1) is 5.41 Å². The highest BCUT2D eigenvalue weighted by Crippen LogP contribution is 2.08. The number of aromatic nitrogens is 1. The zero-order valence-corrected chi connectivity index (χ0v) is 8.38. The molecule has 0 spiro atoms. The zero-order valence-electron chi connectivity index (χ0n) is 8.38. The van der Waals surface area contributed by atoms with Gasteiger partial charge in [0.15, 0.2) is 0 Å². The number of rotatable bonds is 3. The first-order valence-electron chi connectivity index (χ1n) is 4.18. The van der Waals surface area contributed by atoms with Gasteiger partial charge in [0.2, 0.25) is 0 Å². The van der Waals surface area contributed by atoms with E-state index in [1.165, 1.54) is 13.2 Å². The average Bonchev–Trinajstić information content (AvgIpc) is 2.27. The number of H-pyrrole nitrogens is 1. The third-order valence-electron chi connectivity index (χ3n) is 1.88. The molecule has 0 aliphatic rings. The summed E-state index contributed by atoms with van der Waals surface area (Å²) in [7, 11) is 2.80. The van der Waals surface area contributed by atoms with Crippen LogP contribution < -0.4 is 10.9 Å². The van der Waals surface area contributed by atoms with Gasteiger partial charge in [0.25, 0.3) is 5.56 Å². The van der Waals surface area contributed by atoms with Gasteiger partial charge in [0, 0.05) is 18.8 Å². The minimum Gasteiger partial charge on any atom is -0.465 e. The van der Waals surface area contributed by atoms with E-state index in [0.717, 1.165) is 6.21 Å². The third-order valence-corrected chi connectivity index (χ3v) is 1.88. The number of hydrogen-bond acceptors (Lipinski definition) is 5. The molecule has 0 bridgehead atoms. The zero-order chi connectivity index (χ0) is 11.4. The van der Waals surface area contributed by atoms with Crippen LogP contribution in [0.2, 0.25) is 0 Å². The fraction of sp³-hybridized carbons (Fsp3) is 0.222. The van der Waals surface area contributed by atoms with E-state index in [4.69, 9.17) is 5.41 Å². The lowest BCUT2D eigenvalue weighted by Gasteiger charge is -2.05. The van der Waals surface area contributed by atoms with Gasteiger partial charge in [-0.3, -0.25) is 4.79 Å². The molecule has 0 radical (unpaired) electrons. The molecule has 0 fully saturated rings. The lowest BCUT2D eigenvalue weighted by molar-refractivity contribution is 0.0598. The van der Waals surface area contributed by atoms with Crippen molar-refractivity contribution in [3.8, 4) is 0 Å². The van der Waals surface area contributed by atoms with Gasteiger partial charge in [-0.2, -0.15) is 0 Å². The molecule has 6 nitrogen and oxygen atoms in total. The first-order valence-corrected chi connectivity index (χ1v) is 4.18. The van der Waals surface area contributed by atoms with Gasteiger partial charge in [-0.1, -0.05) is 0 Å². The summed E-state index contributed by atoms with van der Waals surface area (Å²) in [5.74, 6) is -0.329. The predicted octanol–water partition coefficient (Wildman–Crippen LogP) is 0.201. The van der Waals surface area contributed by atoms with Gasteiger partial charge in [0.1, 0.15) is 11.4 Å². The van der Waals surface area contributed by atoms with E-state index in [1.807, 2.05) is 0 Å². The van der Waals surface area contributed by atoms with E-state index in [2.05, 4.69) is 15.0 Å². The normalized spacial score (nSPS) is 9.47. The molecule has 0 aliphatic heterocycles. The van der Waals surface area contributed by atoms with Crippen LogP contribution in [0.4, 0.5) is 5.82 Å². The number of methoxy groups -OCH3 is 1. The fourth-order valence-electron chi connectivity index (χ4n) is 1.13. The molecule has 3 N–H and O–H groups in total. The van der Waals surface area contributed by atoms with Gasteiger partial charge >= 0.3 is 5.97 Å². The molecule has 1 aromatic heterocycles. The van der Waals surface area contributed by atoms with Crippen molar-refractivity contribution in [2.75, 3.05) is 19.5 Å². The molecule has 1 aromatic rings. The molecular formula is C9H11N3O3. The van der Waals surface area contributed by atoms with E-state index >= 15 is 0 Å². The minimum absolute atomic E-state index is 0.116. The minimum atomic E-state index is -0.720. The second kappa shape index (κ2) is 4.41. The van der Waals surface area contributed by atoms with E-state index in [9.17, 15) is 9.59 Å². The van der Waals surface area contributed by atoms with Crippen molar-refractivity contribution < 1.29 is 9.53 Å². The number of esters is 1. The fourth-order valence-corrected chi connectivity index (χ4v) is 1.13. The Kier molecular flexibility index (Phi) is 3.22. The van der Waals surface area contributed by atoms with Crippen molar-refractivity contribution >= 4 is 18.0 Å². The molecule has 0 amide bonds. The summed E-state index contributed by atoms with van der Waals surface area (Å²) in [6, 6.07) is 1.31. The van der Waals surface area contributed by atoms with Crippen LogP contribution in [0.1, 0.15) is 15.9 Å². The van der Waals surface area contributed by atoms with Crippen molar-refractivity contribution in [1.82, 2.24) is 4.98 Å². The van der Waals surface area contributed by atoms with Gasteiger partial charge < -0.3 is 20.4 Å². The summed E-state index contributed by atoms with van der Waals surface area (Å²) in [4.78, 5) is 25.0. The molecule has 1 rings (SSSR count). The molecule has 15 heavy (non-hydrogen) atoms. The smallest absolute Gasteiger partial charge is 0.343 e. The molecule has 1 heterocycles. The second-order valence-corrected chi connectivity index (χ2v) is 2.73. The van der Waals surface area contributed by atoms with E-state index < -0.39 is 11.5 Å². The van der Waals surface area contributed by atoms with Gasteiger partial charge in [-0.15, -0.1) is 0 Å². The summed E-state index contributed by atoms with van der Waals surface area (Å²) in [6.07, 6.45) is 1.04. The maximum Gasteiger partial charge on any atom is 0.343 e. The molecule has 0 aromatic carbocycles. The van der Waals surface area contributed by atoms with Crippen LogP contribution in [0.25, 0.3) is 0 Å². The van der Waals surface area contributed by atoms with Crippen molar-refractivity contribution in [3.63, 3.8) is 0 Å². The maximum absolute atomic E-state index is 11.4. The Balaban J connectivity index is 3.38. The number of carbonyl (C=O) groups excluding carboxylic acids is 1. The van der Waals surface area contributed by atoms with Gasteiger partial charge in [0.05, 0.1) is 7.11 Å². The molecule has 0 aliphatic carbocycles. The first-order chi connectivity index (χ1) is 7.13. The van der Waals surface area contributed by atoms with E-state index in [1.54, 1.807) is 7.05 Å². The Hall–Kier alpha value is -2.11. The van der Waals surface area contributed by atoms with Gasteiger partial charge in [-0.05, 0) is 6.07 Å². The number of pyridine rings is 1. The number of anilines is 1. The second-order valence-electron chi connectivity index (χ2n) is 2.73. The number of aromatic amines is 1. The molecule has 0 saturated carbocycles. The van der Waals surface area contributed by atoms with Crippen LogP contribution in [-0.4, -0.2) is 31.3 Å². The van der Waals surface area contributed by atoms with Crippen molar-refractivity contribution in [2.24, 2.45) is 0 Å². The monoisotopic (exact) mass is 209 g/mol. The molecule has 6 heteroatoms. The quantitative estimate of drug-likeness (QED) is 0.489. The van der Waals surface area contributed by atoms with Crippen molar-refractivity contribution in [2.45, 2.75) is 0 Å². The Labute approximate surface area is 85.8 Å². The Morgan fingerprint density at radius 1 is 1.67 bits per heavy atom. The van der Waals surface area contributed by atoms with Crippen LogP contribution in [0.5, 0.6) is 0 Å². The Morgan fingerprint density at radius 2 is 2.33 bits per heavy atom. The largest absolute Gasteiger partial charge is 0.465 e. The Morgan fingerprint density at radius 3 is 2.80 bits per heavy atom. The molecule has 0 atom stereocenters. The summed E-state index contributed by atoms with van der Waals surface area (Å²) >= 11 is 0. The number of hydrogen-bond donors (Lipinski definition) is 3. The van der Waals surface area contributed by atoms with Gasteiger partial charge in [-0.25, -0.2) is 4.79 Å². The van der Waals surface area contributed by atoms with Crippen molar-refractivity contribution in [1.29, 1.82) is 5.41 Å². The summed E-state index contributed by atoms with van der Waals surface area (Å²) in [6.45, 7) is 0. The molecular weight excluding hydrogens is 198 g/mol. The molecule has 0 saturated heterocycles. The lowest BCUT2D eigenvalue weighted by atomic mass is 10.2. The number of ether oxygens (including phenoxy) is 1. The van der Waals surface area contributed by atoms with Crippen molar-refractivity contribution in [3.05, 3.63) is 27.5 Å². The van der Waals surface area contributed by atoms with Crippen LogP contribution in [0.15, 0.2) is 10.9 Å². The number of carbonyl (C=O) groups is 1. The van der Waals surface area contributed by atoms with Crippen LogP contribution in [0.3, 0.4) is 0 Å². The molecule has 0 unspecified atom stereocenters. The SMILES string of the molecule is CNc1[nH]c(=O)c(C(=O)OC)cc1C=N. The summed E-state index contributed by atoms with van der Waals surface area (Å²) in [5.41, 5.74) is -0.246. The topological polar surface area (TPSA) is 95.0 Å². The summed E-state index contributed by atoms with van der Waals surface area (Å²) < 4.78 is 4.44. The standard InChI is InChI=1S/C9H11N3O3/c1-11-7-5(4-10)3-6(8(13)12-7)9(14)15-2/h3-4,10H,1-2H3,(H2,11,12,13). The van der Waals surface area contributed by atoms with E-state index in [0.29, 0.717) is 11.4 Å². The highest BCUT2D eigenvalue weighted by Gasteiger charge is 2.13. The predicted molar refractivity (Wildman–Crippen MR) is 55.8 cm³/mol. The van der Waals surface area contributed by atoms with Crippen LogP contribution in [-0.2, 0) is 4.74 Å². The summed E-state index contributed by atoms with van der Waals surface area (Å²) in [5, 5.41) is 9.83. The lowest BCUT2D eigenvalue weighted by Crippen LogP contribution is -2.21. The first kappa shape index (κ1) is 11.0. The average molecular weight is 209 g/mol. The highest BCUT2D eigenvalue weighted by atomic mass is 16.5. The number of nitrogens with one attached hydrogen (secondary N) is 3. The van der Waals surface area contributed by atoms with Crippen LogP contribution >= 0.6 is 0 Å². The molecule has 80 valence electrons.